The lowest BCUT2D eigenvalue weighted by atomic mass is 9.86. The molecule has 0 fully saturated rings. The Bertz CT molecular complexity index is 1360. The van der Waals surface area contributed by atoms with Crippen LogP contribution >= 0.6 is 0 Å². The highest BCUT2D eigenvalue weighted by Gasteiger charge is 2.21. The lowest BCUT2D eigenvalue weighted by molar-refractivity contribution is 0.0964. The van der Waals surface area contributed by atoms with Gasteiger partial charge in [-0.25, -0.2) is 19.3 Å². The SMILES string of the molecule is CCNc1ccc(-c2cc(NC[C@@H](C)C(C)c3cc(F)cc4c(C(=O)NC)ccnc34)ncn2)cn1. The zero-order chi connectivity index (χ0) is 25.7. The molecule has 4 aromatic rings. The van der Waals surface area contributed by atoms with Gasteiger partial charge in [-0.2, -0.15) is 0 Å². The molecule has 1 amide bonds. The molecule has 9 heteroatoms. The maximum Gasteiger partial charge on any atom is 0.251 e. The van der Waals surface area contributed by atoms with E-state index in [0.29, 0.717) is 28.8 Å². The van der Waals surface area contributed by atoms with Crippen molar-refractivity contribution >= 4 is 28.4 Å². The van der Waals surface area contributed by atoms with E-state index in [1.807, 2.05) is 32.0 Å². The zero-order valence-corrected chi connectivity index (χ0v) is 20.8. The minimum atomic E-state index is -0.392. The van der Waals surface area contributed by atoms with E-state index in [1.165, 1.54) is 18.5 Å². The van der Waals surface area contributed by atoms with Gasteiger partial charge in [0.1, 0.15) is 23.8 Å². The Labute approximate surface area is 209 Å². The third kappa shape index (κ3) is 5.40. The van der Waals surface area contributed by atoms with Crippen molar-refractivity contribution in [3.8, 4) is 11.3 Å². The van der Waals surface area contributed by atoms with Crippen molar-refractivity contribution in [2.75, 3.05) is 30.8 Å². The van der Waals surface area contributed by atoms with Gasteiger partial charge in [0.15, 0.2) is 0 Å². The highest BCUT2D eigenvalue weighted by molar-refractivity contribution is 6.06. The fraction of sp³-hybridized carbons (Fsp3) is 0.296. The van der Waals surface area contributed by atoms with Gasteiger partial charge in [0, 0.05) is 49.5 Å². The van der Waals surface area contributed by atoms with Crippen molar-refractivity contribution < 1.29 is 9.18 Å². The lowest BCUT2D eigenvalue weighted by Gasteiger charge is -2.22. The van der Waals surface area contributed by atoms with Gasteiger partial charge in [-0.3, -0.25) is 9.78 Å². The second-order valence-electron chi connectivity index (χ2n) is 8.73. The summed E-state index contributed by atoms with van der Waals surface area (Å²) in [5.41, 5.74) is 3.47. The molecule has 8 nitrogen and oxygen atoms in total. The van der Waals surface area contributed by atoms with Crippen LogP contribution < -0.4 is 16.0 Å². The number of carbonyl (C=O) groups is 1. The van der Waals surface area contributed by atoms with Gasteiger partial charge in [0.05, 0.1) is 16.8 Å². The fourth-order valence-electron chi connectivity index (χ4n) is 4.12. The smallest absolute Gasteiger partial charge is 0.251 e. The summed E-state index contributed by atoms with van der Waals surface area (Å²) in [6.45, 7) is 7.55. The minimum Gasteiger partial charge on any atom is -0.370 e. The number of carbonyl (C=O) groups excluding carboxylic acids is 1. The number of pyridine rings is 2. The van der Waals surface area contributed by atoms with Crippen LogP contribution in [-0.4, -0.2) is 46.0 Å². The number of nitrogens with zero attached hydrogens (tertiary/aromatic N) is 4. The molecule has 1 unspecified atom stereocenters. The van der Waals surface area contributed by atoms with Crippen molar-refractivity contribution in [2.24, 2.45) is 5.92 Å². The van der Waals surface area contributed by atoms with Crippen LogP contribution in [0, 0.1) is 11.7 Å². The molecule has 0 bridgehead atoms. The number of nitrogens with one attached hydrogen (secondary N) is 3. The number of anilines is 2. The van der Waals surface area contributed by atoms with Crippen molar-refractivity contribution in [2.45, 2.75) is 26.7 Å². The molecule has 0 aliphatic carbocycles. The zero-order valence-electron chi connectivity index (χ0n) is 20.8. The fourth-order valence-corrected chi connectivity index (χ4v) is 4.12. The van der Waals surface area contributed by atoms with Crippen LogP contribution in [-0.2, 0) is 0 Å². The normalized spacial score (nSPS) is 12.7. The Kier molecular flexibility index (Phi) is 7.68. The number of rotatable bonds is 9. The van der Waals surface area contributed by atoms with E-state index in [-0.39, 0.29) is 17.7 Å². The molecule has 0 aliphatic heterocycles. The first-order valence-corrected chi connectivity index (χ1v) is 12.0. The van der Waals surface area contributed by atoms with Crippen molar-refractivity contribution in [1.29, 1.82) is 0 Å². The van der Waals surface area contributed by atoms with Gasteiger partial charge >= 0.3 is 0 Å². The van der Waals surface area contributed by atoms with Crippen molar-refractivity contribution in [3.05, 3.63) is 72.1 Å². The summed E-state index contributed by atoms with van der Waals surface area (Å²) >= 11 is 0. The molecule has 0 saturated heterocycles. The second-order valence-corrected chi connectivity index (χ2v) is 8.73. The van der Waals surface area contributed by atoms with Crippen LogP contribution in [0.15, 0.2) is 55.1 Å². The van der Waals surface area contributed by atoms with Crippen molar-refractivity contribution in [3.63, 3.8) is 0 Å². The minimum absolute atomic E-state index is 0.0349. The van der Waals surface area contributed by atoms with E-state index in [2.05, 4.69) is 42.8 Å². The molecule has 0 saturated carbocycles. The first kappa shape index (κ1) is 25.0. The summed E-state index contributed by atoms with van der Waals surface area (Å²) in [5.74, 6) is 0.925. The Balaban J connectivity index is 1.51. The molecule has 2 atom stereocenters. The van der Waals surface area contributed by atoms with E-state index < -0.39 is 5.82 Å². The number of hydrogen-bond acceptors (Lipinski definition) is 7. The average Bonchev–Trinajstić information content (AvgIpc) is 2.90. The van der Waals surface area contributed by atoms with E-state index in [9.17, 15) is 9.18 Å². The van der Waals surface area contributed by atoms with Gasteiger partial charge in [-0.1, -0.05) is 13.8 Å². The number of hydrogen-bond donors (Lipinski definition) is 3. The van der Waals surface area contributed by atoms with Crippen molar-refractivity contribution in [1.82, 2.24) is 25.3 Å². The maximum absolute atomic E-state index is 14.6. The molecule has 0 aliphatic rings. The van der Waals surface area contributed by atoms with Gasteiger partial charge in [0.2, 0.25) is 0 Å². The third-order valence-electron chi connectivity index (χ3n) is 6.34. The molecule has 36 heavy (non-hydrogen) atoms. The molecule has 4 rings (SSSR count). The third-order valence-corrected chi connectivity index (χ3v) is 6.34. The molecular weight excluding hydrogens is 457 g/mol. The maximum atomic E-state index is 14.6. The average molecular weight is 488 g/mol. The number of amides is 1. The monoisotopic (exact) mass is 487 g/mol. The summed E-state index contributed by atoms with van der Waals surface area (Å²) in [4.78, 5) is 29.9. The largest absolute Gasteiger partial charge is 0.370 e. The Morgan fingerprint density at radius 2 is 1.83 bits per heavy atom. The number of aromatic nitrogens is 4. The number of benzene rings is 1. The number of fused-ring (bicyclic) bond motifs is 1. The summed E-state index contributed by atoms with van der Waals surface area (Å²) in [6, 6.07) is 10.3. The molecule has 1 aromatic carbocycles. The van der Waals surface area contributed by atoms with Crippen LogP contribution in [0.3, 0.4) is 0 Å². The summed E-state index contributed by atoms with van der Waals surface area (Å²) < 4.78 is 14.6. The Hall–Kier alpha value is -4.14. The van der Waals surface area contributed by atoms with Crippen LogP contribution in [0.25, 0.3) is 22.2 Å². The highest BCUT2D eigenvalue weighted by Crippen LogP contribution is 2.32. The molecule has 3 aromatic heterocycles. The van der Waals surface area contributed by atoms with Gasteiger partial charge in [-0.15, -0.1) is 0 Å². The molecule has 0 spiro atoms. The van der Waals surface area contributed by atoms with Crippen LogP contribution in [0.5, 0.6) is 0 Å². The first-order chi connectivity index (χ1) is 17.4. The summed E-state index contributed by atoms with van der Waals surface area (Å²) in [6.07, 6.45) is 4.89. The van der Waals surface area contributed by atoms with Crippen LogP contribution in [0.1, 0.15) is 42.6 Å². The predicted molar refractivity (Wildman–Crippen MR) is 141 cm³/mol. The van der Waals surface area contributed by atoms with Crippen LogP contribution in [0.2, 0.25) is 0 Å². The van der Waals surface area contributed by atoms with Crippen LogP contribution in [0.4, 0.5) is 16.0 Å². The van der Waals surface area contributed by atoms with Gasteiger partial charge < -0.3 is 16.0 Å². The number of halogens is 1. The van der Waals surface area contributed by atoms with Gasteiger partial charge in [0.25, 0.3) is 5.91 Å². The molecular formula is C27H30FN7O. The van der Waals surface area contributed by atoms with Gasteiger partial charge in [-0.05, 0) is 54.7 Å². The quantitative estimate of drug-likeness (QED) is 0.309. The Morgan fingerprint density at radius 1 is 1.00 bits per heavy atom. The molecule has 186 valence electrons. The molecule has 0 radical (unpaired) electrons. The van der Waals surface area contributed by atoms with E-state index in [4.69, 9.17) is 0 Å². The topological polar surface area (TPSA) is 105 Å². The molecule has 3 heterocycles. The highest BCUT2D eigenvalue weighted by atomic mass is 19.1. The van der Waals surface area contributed by atoms with E-state index in [0.717, 1.165) is 29.2 Å². The Morgan fingerprint density at radius 3 is 2.56 bits per heavy atom. The second kappa shape index (κ2) is 11.1. The van der Waals surface area contributed by atoms with E-state index >= 15 is 0 Å². The molecule has 3 N–H and O–H groups in total. The predicted octanol–water partition coefficient (Wildman–Crippen LogP) is 4.87. The summed E-state index contributed by atoms with van der Waals surface area (Å²) in [7, 11) is 1.55. The van der Waals surface area contributed by atoms with E-state index in [1.54, 1.807) is 25.5 Å². The lowest BCUT2D eigenvalue weighted by Crippen LogP contribution is -2.20. The first-order valence-electron chi connectivity index (χ1n) is 12.0. The summed E-state index contributed by atoms with van der Waals surface area (Å²) in [5, 5.41) is 9.67. The standard InChI is InChI=1S/C27H30FN7O/c1-5-30-24-7-6-18(14-33-24)23-12-25(35-15-34-23)32-13-16(2)17(3)21-10-19(28)11-22-20(27(36)29-4)8-9-31-26(21)22/h6-12,14-17H,5,13H2,1-4H3,(H,29,36)(H,30,33)(H,32,34,35)/t16-,17?/m1/s1.